The lowest BCUT2D eigenvalue weighted by Gasteiger charge is -2.35. The van der Waals surface area contributed by atoms with Gasteiger partial charge in [-0.05, 0) is 43.4 Å². The minimum absolute atomic E-state index is 0.199. The summed E-state index contributed by atoms with van der Waals surface area (Å²) in [5.74, 6) is 1.60. The predicted molar refractivity (Wildman–Crippen MR) is 86.3 cm³/mol. The van der Waals surface area contributed by atoms with Gasteiger partial charge in [-0.2, -0.15) is 0 Å². The second-order valence-electron chi connectivity index (χ2n) is 5.66. The summed E-state index contributed by atoms with van der Waals surface area (Å²) in [5.41, 5.74) is 6.86. The van der Waals surface area contributed by atoms with Gasteiger partial charge in [-0.25, -0.2) is 0 Å². The highest BCUT2D eigenvalue weighted by Crippen LogP contribution is 2.28. The lowest BCUT2D eigenvalue weighted by atomic mass is 10.0. The average molecular weight is 306 g/mol. The van der Waals surface area contributed by atoms with Gasteiger partial charge in [0.15, 0.2) is 11.5 Å². The van der Waals surface area contributed by atoms with Crippen LogP contribution in [0, 0.1) is 0 Å². The Morgan fingerprint density at radius 3 is 2.73 bits per heavy atom. The van der Waals surface area contributed by atoms with Crippen molar-refractivity contribution < 1.29 is 14.3 Å². The van der Waals surface area contributed by atoms with Crippen molar-refractivity contribution in [2.75, 3.05) is 27.3 Å². The van der Waals surface area contributed by atoms with Crippen molar-refractivity contribution in [1.29, 1.82) is 0 Å². The summed E-state index contributed by atoms with van der Waals surface area (Å²) in [6.45, 7) is 1.40. The number of aryl methyl sites for hydroxylation is 1. The minimum Gasteiger partial charge on any atom is -0.493 e. The zero-order valence-corrected chi connectivity index (χ0v) is 13.5. The van der Waals surface area contributed by atoms with Crippen LogP contribution in [0.15, 0.2) is 18.2 Å². The van der Waals surface area contributed by atoms with E-state index in [4.69, 9.17) is 15.2 Å². The van der Waals surface area contributed by atoms with Crippen LogP contribution in [-0.2, 0) is 11.2 Å². The summed E-state index contributed by atoms with van der Waals surface area (Å²) in [5, 5.41) is 0. The Balaban J connectivity index is 1.95. The zero-order chi connectivity index (χ0) is 15.9. The fourth-order valence-corrected chi connectivity index (χ4v) is 3.00. The van der Waals surface area contributed by atoms with E-state index in [1.165, 1.54) is 6.42 Å². The average Bonchev–Trinajstić information content (AvgIpc) is 2.59. The Labute approximate surface area is 132 Å². The van der Waals surface area contributed by atoms with Crippen molar-refractivity contribution >= 4 is 5.91 Å². The Morgan fingerprint density at radius 2 is 2.05 bits per heavy atom. The number of nitrogens with zero attached hydrogens (tertiary/aromatic N) is 1. The number of rotatable bonds is 6. The number of benzene rings is 1. The van der Waals surface area contributed by atoms with Crippen molar-refractivity contribution in [3.63, 3.8) is 0 Å². The maximum Gasteiger partial charge on any atom is 0.223 e. The third-order valence-electron chi connectivity index (χ3n) is 4.30. The van der Waals surface area contributed by atoms with Crippen LogP contribution in [-0.4, -0.2) is 44.2 Å². The molecule has 1 aromatic carbocycles. The highest BCUT2D eigenvalue weighted by Gasteiger charge is 2.25. The summed E-state index contributed by atoms with van der Waals surface area (Å²) in [4.78, 5) is 14.4. The molecular formula is C17H26N2O3. The summed E-state index contributed by atoms with van der Waals surface area (Å²) >= 11 is 0. The number of amides is 1. The molecule has 1 amide bonds. The van der Waals surface area contributed by atoms with E-state index >= 15 is 0 Å². The molecule has 0 spiro atoms. The molecule has 1 aliphatic rings. The first-order valence-corrected chi connectivity index (χ1v) is 7.90. The molecular weight excluding hydrogens is 280 g/mol. The van der Waals surface area contributed by atoms with Gasteiger partial charge in [-0.1, -0.05) is 6.07 Å². The molecule has 5 nitrogen and oxygen atoms in total. The summed E-state index contributed by atoms with van der Waals surface area (Å²) in [6.07, 6.45) is 4.48. The number of methoxy groups -OCH3 is 2. The number of hydrogen-bond donors (Lipinski definition) is 1. The molecule has 2 rings (SSSR count). The van der Waals surface area contributed by atoms with Crippen molar-refractivity contribution in [3.05, 3.63) is 23.8 Å². The van der Waals surface area contributed by atoms with E-state index in [9.17, 15) is 4.79 Å². The van der Waals surface area contributed by atoms with Crippen LogP contribution in [0.2, 0.25) is 0 Å². The van der Waals surface area contributed by atoms with Gasteiger partial charge in [-0.15, -0.1) is 0 Å². The van der Waals surface area contributed by atoms with Crippen LogP contribution < -0.4 is 15.2 Å². The second kappa shape index (κ2) is 8.03. The fourth-order valence-electron chi connectivity index (χ4n) is 3.00. The topological polar surface area (TPSA) is 64.8 Å². The van der Waals surface area contributed by atoms with E-state index in [0.29, 0.717) is 30.9 Å². The highest BCUT2D eigenvalue weighted by molar-refractivity contribution is 5.77. The molecule has 5 heteroatoms. The lowest BCUT2D eigenvalue weighted by Crippen LogP contribution is -2.47. The molecule has 1 aromatic rings. The maximum atomic E-state index is 12.4. The number of piperidine rings is 1. The van der Waals surface area contributed by atoms with Gasteiger partial charge in [0.2, 0.25) is 5.91 Å². The summed E-state index contributed by atoms with van der Waals surface area (Å²) < 4.78 is 10.5. The van der Waals surface area contributed by atoms with E-state index < -0.39 is 0 Å². The van der Waals surface area contributed by atoms with Crippen LogP contribution >= 0.6 is 0 Å². The monoisotopic (exact) mass is 306 g/mol. The van der Waals surface area contributed by atoms with Crippen molar-refractivity contribution in [2.24, 2.45) is 5.73 Å². The molecule has 1 unspecified atom stereocenters. The molecule has 2 N–H and O–H groups in total. The quantitative estimate of drug-likeness (QED) is 0.873. The Bertz CT molecular complexity index is 505. The van der Waals surface area contributed by atoms with E-state index in [1.54, 1.807) is 14.2 Å². The molecule has 0 bridgehead atoms. The number of hydrogen-bond acceptors (Lipinski definition) is 4. The predicted octanol–water partition coefficient (Wildman–Crippen LogP) is 1.98. The van der Waals surface area contributed by atoms with E-state index in [1.807, 2.05) is 23.1 Å². The smallest absolute Gasteiger partial charge is 0.223 e. The summed E-state index contributed by atoms with van der Waals surface area (Å²) in [7, 11) is 3.23. The van der Waals surface area contributed by atoms with Crippen molar-refractivity contribution in [1.82, 2.24) is 4.90 Å². The molecule has 1 fully saturated rings. The highest BCUT2D eigenvalue weighted by atomic mass is 16.5. The number of carbonyl (C=O) groups is 1. The first kappa shape index (κ1) is 16.6. The van der Waals surface area contributed by atoms with Gasteiger partial charge >= 0.3 is 0 Å². The fraction of sp³-hybridized carbons (Fsp3) is 0.588. The van der Waals surface area contributed by atoms with E-state index in [-0.39, 0.29) is 11.9 Å². The maximum absolute atomic E-state index is 12.4. The number of ether oxygens (including phenoxy) is 2. The van der Waals surface area contributed by atoms with Crippen molar-refractivity contribution in [2.45, 2.75) is 38.1 Å². The lowest BCUT2D eigenvalue weighted by molar-refractivity contribution is -0.134. The molecule has 1 aliphatic heterocycles. The van der Waals surface area contributed by atoms with Gasteiger partial charge < -0.3 is 20.1 Å². The van der Waals surface area contributed by atoms with Crippen LogP contribution in [0.5, 0.6) is 11.5 Å². The van der Waals surface area contributed by atoms with Crippen LogP contribution in [0.25, 0.3) is 0 Å². The standard InChI is InChI=1S/C17H26N2O3/c1-21-15-8-6-13(11-16(15)22-2)7-9-17(20)19-10-4-3-5-14(19)12-18/h6,8,11,14H,3-5,7,9-10,12,18H2,1-2H3. The van der Waals surface area contributed by atoms with Gasteiger partial charge in [0.1, 0.15) is 0 Å². The Kier molecular flexibility index (Phi) is 6.07. The van der Waals surface area contributed by atoms with Crippen LogP contribution in [0.3, 0.4) is 0 Å². The molecule has 0 saturated carbocycles. The molecule has 1 saturated heterocycles. The Hall–Kier alpha value is -1.75. The molecule has 22 heavy (non-hydrogen) atoms. The molecule has 0 aromatic heterocycles. The molecule has 0 aliphatic carbocycles. The van der Waals surface area contributed by atoms with Gasteiger partial charge in [0, 0.05) is 25.6 Å². The Morgan fingerprint density at radius 1 is 1.27 bits per heavy atom. The zero-order valence-electron chi connectivity index (χ0n) is 13.5. The van der Waals surface area contributed by atoms with Gasteiger partial charge in [0.05, 0.1) is 14.2 Å². The minimum atomic E-state index is 0.199. The first-order valence-electron chi connectivity index (χ1n) is 7.90. The van der Waals surface area contributed by atoms with E-state index in [2.05, 4.69) is 0 Å². The van der Waals surface area contributed by atoms with Crippen LogP contribution in [0.1, 0.15) is 31.2 Å². The normalized spacial score (nSPS) is 18.1. The molecule has 1 atom stereocenters. The van der Waals surface area contributed by atoms with Gasteiger partial charge in [-0.3, -0.25) is 4.79 Å². The molecule has 122 valence electrons. The van der Waals surface area contributed by atoms with Gasteiger partial charge in [0.25, 0.3) is 0 Å². The van der Waals surface area contributed by atoms with Crippen molar-refractivity contribution in [3.8, 4) is 11.5 Å². The number of carbonyl (C=O) groups excluding carboxylic acids is 1. The second-order valence-corrected chi connectivity index (χ2v) is 5.66. The van der Waals surface area contributed by atoms with Crippen LogP contribution in [0.4, 0.5) is 0 Å². The molecule has 0 radical (unpaired) electrons. The molecule has 1 heterocycles. The number of nitrogens with two attached hydrogens (primary N) is 1. The number of likely N-dealkylation sites (tertiary alicyclic amines) is 1. The third-order valence-corrected chi connectivity index (χ3v) is 4.30. The SMILES string of the molecule is COc1ccc(CCC(=O)N2CCCCC2CN)cc1OC. The largest absolute Gasteiger partial charge is 0.493 e. The summed E-state index contributed by atoms with van der Waals surface area (Å²) in [6, 6.07) is 6.00. The first-order chi connectivity index (χ1) is 10.7. The van der Waals surface area contributed by atoms with E-state index in [0.717, 1.165) is 24.9 Å². The third kappa shape index (κ3) is 3.91.